The normalized spacial score (nSPS) is 13.7. The molecule has 1 aliphatic rings. The molecule has 0 unspecified atom stereocenters. The molecule has 1 aliphatic heterocycles. The first-order chi connectivity index (χ1) is 7.84. The van der Waals surface area contributed by atoms with Gasteiger partial charge in [0.15, 0.2) is 0 Å². The molecule has 82 valence electrons. The zero-order valence-corrected chi connectivity index (χ0v) is 10.4. The Morgan fingerprint density at radius 2 is 2.38 bits per heavy atom. The first-order valence-electron chi connectivity index (χ1n) is 5.01. The second-order valence-corrected chi connectivity index (χ2v) is 5.60. The highest BCUT2D eigenvalue weighted by Gasteiger charge is 2.18. The standard InChI is InChI=1S/C11H11N3S2/c1-8-7-16-10-5-12-13-14(11(8)10)6-9-3-2-4-15-9/h2-5,7,13H,6H2,1H3. The summed E-state index contributed by atoms with van der Waals surface area (Å²) in [5.74, 6) is 0. The Hall–Kier alpha value is -1.33. The number of thiophene rings is 2. The number of anilines is 1. The van der Waals surface area contributed by atoms with Crippen molar-refractivity contribution in [2.45, 2.75) is 13.5 Å². The van der Waals surface area contributed by atoms with Crippen LogP contribution in [0.2, 0.25) is 0 Å². The van der Waals surface area contributed by atoms with Gasteiger partial charge in [-0.3, -0.25) is 5.01 Å². The van der Waals surface area contributed by atoms with Crippen LogP contribution in [0.5, 0.6) is 0 Å². The van der Waals surface area contributed by atoms with E-state index in [-0.39, 0.29) is 0 Å². The zero-order valence-electron chi connectivity index (χ0n) is 8.80. The Labute approximate surface area is 102 Å². The number of nitrogens with zero attached hydrogens (tertiary/aromatic N) is 2. The summed E-state index contributed by atoms with van der Waals surface area (Å²) in [6.07, 6.45) is 1.89. The molecule has 0 bridgehead atoms. The van der Waals surface area contributed by atoms with E-state index in [1.807, 2.05) is 6.21 Å². The van der Waals surface area contributed by atoms with Gasteiger partial charge in [0.2, 0.25) is 0 Å². The molecule has 3 heterocycles. The molecule has 0 spiro atoms. The Kier molecular flexibility index (Phi) is 2.41. The monoisotopic (exact) mass is 249 g/mol. The summed E-state index contributed by atoms with van der Waals surface area (Å²) in [7, 11) is 0. The highest BCUT2D eigenvalue weighted by Crippen LogP contribution is 2.31. The summed E-state index contributed by atoms with van der Waals surface area (Å²) < 4.78 is 0. The maximum Gasteiger partial charge on any atom is 0.0817 e. The summed E-state index contributed by atoms with van der Waals surface area (Å²) in [6, 6.07) is 4.22. The van der Waals surface area contributed by atoms with Gasteiger partial charge < -0.3 is 0 Å². The Morgan fingerprint density at radius 3 is 3.19 bits per heavy atom. The second kappa shape index (κ2) is 3.92. The van der Waals surface area contributed by atoms with Crippen LogP contribution in [0.3, 0.4) is 0 Å². The SMILES string of the molecule is Cc1csc2c1N(Cc1cccs1)NN=C2. The topological polar surface area (TPSA) is 27.6 Å². The van der Waals surface area contributed by atoms with E-state index in [1.165, 1.54) is 21.0 Å². The fourth-order valence-electron chi connectivity index (χ4n) is 1.78. The third-order valence-corrected chi connectivity index (χ3v) is 4.38. The molecule has 0 atom stereocenters. The number of fused-ring (bicyclic) bond motifs is 1. The third kappa shape index (κ3) is 1.62. The molecule has 0 aliphatic carbocycles. The van der Waals surface area contributed by atoms with Crippen molar-refractivity contribution >= 4 is 34.6 Å². The summed E-state index contributed by atoms with van der Waals surface area (Å²) in [5.41, 5.74) is 5.62. The summed E-state index contributed by atoms with van der Waals surface area (Å²) in [5, 5.41) is 10.5. The average molecular weight is 249 g/mol. The lowest BCUT2D eigenvalue weighted by Crippen LogP contribution is -2.36. The molecule has 2 aromatic rings. The minimum Gasteiger partial charge on any atom is -0.265 e. The van der Waals surface area contributed by atoms with Crippen LogP contribution in [0.15, 0.2) is 28.0 Å². The predicted molar refractivity (Wildman–Crippen MR) is 70.3 cm³/mol. The molecule has 1 N–H and O–H groups in total. The second-order valence-electron chi connectivity index (χ2n) is 3.66. The molecule has 2 aromatic heterocycles. The van der Waals surface area contributed by atoms with Gasteiger partial charge in [-0.15, -0.1) is 22.7 Å². The molecular formula is C11H11N3S2. The van der Waals surface area contributed by atoms with E-state index in [1.54, 1.807) is 22.7 Å². The number of hydrogen-bond acceptors (Lipinski definition) is 5. The van der Waals surface area contributed by atoms with Crippen molar-refractivity contribution in [3.8, 4) is 0 Å². The quantitative estimate of drug-likeness (QED) is 0.886. The van der Waals surface area contributed by atoms with E-state index in [9.17, 15) is 0 Å². The number of nitrogens with one attached hydrogen (secondary N) is 1. The van der Waals surface area contributed by atoms with Gasteiger partial charge in [-0.25, -0.2) is 5.53 Å². The van der Waals surface area contributed by atoms with Gasteiger partial charge in [0.05, 0.1) is 23.3 Å². The van der Waals surface area contributed by atoms with Crippen molar-refractivity contribution in [2.24, 2.45) is 5.10 Å². The van der Waals surface area contributed by atoms with Gasteiger partial charge in [0, 0.05) is 4.88 Å². The smallest absolute Gasteiger partial charge is 0.0817 e. The molecule has 0 radical (unpaired) electrons. The summed E-state index contributed by atoms with van der Waals surface area (Å²) in [4.78, 5) is 2.56. The van der Waals surface area contributed by atoms with Gasteiger partial charge in [-0.05, 0) is 29.3 Å². The van der Waals surface area contributed by atoms with Crippen molar-refractivity contribution in [2.75, 3.05) is 5.01 Å². The molecule has 16 heavy (non-hydrogen) atoms. The first-order valence-corrected chi connectivity index (χ1v) is 6.77. The first kappa shape index (κ1) is 9.86. The average Bonchev–Trinajstić information content (AvgIpc) is 2.90. The Balaban J connectivity index is 1.92. The van der Waals surface area contributed by atoms with Gasteiger partial charge in [0.25, 0.3) is 0 Å². The lowest BCUT2D eigenvalue weighted by Gasteiger charge is -2.26. The van der Waals surface area contributed by atoms with E-state index in [0.29, 0.717) is 0 Å². The van der Waals surface area contributed by atoms with Crippen molar-refractivity contribution in [3.63, 3.8) is 0 Å². The molecule has 0 saturated carbocycles. The highest BCUT2D eigenvalue weighted by atomic mass is 32.1. The van der Waals surface area contributed by atoms with Crippen molar-refractivity contribution < 1.29 is 0 Å². The molecule has 0 amide bonds. The maximum atomic E-state index is 4.16. The van der Waals surface area contributed by atoms with E-state index < -0.39 is 0 Å². The minimum absolute atomic E-state index is 0.861. The fourth-order valence-corrected chi connectivity index (χ4v) is 3.38. The largest absolute Gasteiger partial charge is 0.265 e. The molecule has 0 saturated heterocycles. The van der Waals surface area contributed by atoms with Crippen LogP contribution in [0.1, 0.15) is 15.3 Å². The lowest BCUT2D eigenvalue weighted by molar-refractivity contribution is 0.652. The van der Waals surface area contributed by atoms with Gasteiger partial charge in [0.1, 0.15) is 0 Å². The number of hydrogen-bond donors (Lipinski definition) is 1. The van der Waals surface area contributed by atoms with Crippen LogP contribution in [0.25, 0.3) is 0 Å². The number of rotatable bonds is 2. The lowest BCUT2D eigenvalue weighted by atomic mass is 10.2. The molecule has 3 rings (SSSR count). The van der Waals surface area contributed by atoms with Gasteiger partial charge in [-0.1, -0.05) is 6.07 Å². The van der Waals surface area contributed by atoms with E-state index in [2.05, 4.69) is 45.5 Å². The Bertz CT molecular complexity index is 513. The summed E-state index contributed by atoms with van der Waals surface area (Å²) in [6.45, 7) is 3.00. The molecule has 0 aromatic carbocycles. The van der Waals surface area contributed by atoms with Crippen LogP contribution < -0.4 is 10.5 Å². The number of aryl methyl sites for hydroxylation is 1. The van der Waals surface area contributed by atoms with Gasteiger partial charge in [-0.2, -0.15) is 5.10 Å². The van der Waals surface area contributed by atoms with Crippen LogP contribution in [-0.2, 0) is 6.54 Å². The van der Waals surface area contributed by atoms with E-state index in [0.717, 1.165) is 6.54 Å². The zero-order chi connectivity index (χ0) is 11.0. The predicted octanol–water partition coefficient (Wildman–Crippen LogP) is 2.98. The molecule has 0 fully saturated rings. The fraction of sp³-hybridized carbons (Fsp3) is 0.182. The van der Waals surface area contributed by atoms with E-state index >= 15 is 0 Å². The van der Waals surface area contributed by atoms with Crippen LogP contribution >= 0.6 is 22.7 Å². The molecule has 3 nitrogen and oxygen atoms in total. The van der Waals surface area contributed by atoms with Crippen molar-refractivity contribution in [3.05, 3.63) is 38.2 Å². The van der Waals surface area contributed by atoms with E-state index in [4.69, 9.17) is 0 Å². The Morgan fingerprint density at radius 1 is 1.44 bits per heavy atom. The van der Waals surface area contributed by atoms with Crippen molar-refractivity contribution in [1.82, 2.24) is 5.53 Å². The molecule has 5 heteroatoms. The number of hydrazine groups is 1. The van der Waals surface area contributed by atoms with Crippen LogP contribution in [-0.4, -0.2) is 6.21 Å². The molecular weight excluding hydrogens is 238 g/mol. The third-order valence-electron chi connectivity index (χ3n) is 2.49. The van der Waals surface area contributed by atoms with Gasteiger partial charge >= 0.3 is 0 Å². The van der Waals surface area contributed by atoms with Crippen molar-refractivity contribution in [1.29, 1.82) is 0 Å². The maximum absolute atomic E-state index is 4.16. The summed E-state index contributed by atoms with van der Waals surface area (Å²) >= 11 is 3.51. The van der Waals surface area contributed by atoms with Crippen LogP contribution in [0.4, 0.5) is 5.69 Å². The highest BCUT2D eigenvalue weighted by molar-refractivity contribution is 7.12. The number of hydrazone groups is 1. The van der Waals surface area contributed by atoms with Crippen LogP contribution in [0, 0.1) is 6.92 Å². The minimum atomic E-state index is 0.861.